The Morgan fingerprint density at radius 2 is 1.90 bits per heavy atom. The van der Waals surface area contributed by atoms with Crippen molar-refractivity contribution in [3.63, 3.8) is 0 Å². The van der Waals surface area contributed by atoms with E-state index in [0.717, 1.165) is 29.9 Å². The Hall–Kier alpha value is -3.95. The van der Waals surface area contributed by atoms with Crippen molar-refractivity contribution in [1.29, 1.82) is 0 Å². The monoisotopic (exact) mass is 572 g/mol. The average Bonchev–Trinajstić information content (AvgIpc) is 2.94. The van der Waals surface area contributed by atoms with Gasteiger partial charge in [0.25, 0.3) is 5.91 Å². The number of pyridine rings is 1. The fraction of sp³-hybridized carbons (Fsp3) is 0.424. The van der Waals surface area contributed by atoms with Crippen LogP contribution in [-0.2, 0) is 22.7 Å². The molecular weight excluding hydrogens is 532 g/mol. The van der Waals surface area contributed by atoms with Gasteiger partial charge < -0.3 is 24.4 Å². The number of likely N-dealkylation sites (tertiary alicyclic amines) is 1. The van der Waals surface area contributed by atoms with Crippen molar-refractivity contribution >= 4 is 11.8 Å². The fourth-order valence-electron chi connectivity index (χ4n) is 5.46. The summed E-state index contributed by atoms with van der Waals surface area (Å²) in [7, 11) is 0. The molecule has 1 N–H and O–H groups in total. The average molecular weight is 573 g/mol. The molecule has 2 amide bonds. The van der Waals surface area contributed by atoms with Crippen molar-refractivity contribution < 1.29 is 23.8 Å². The number of nitrogens with zero attached hydrogens (tertiary/aromatic N) is 3. The smallest absolute Gasteiger partial charge is 0.254 e. The fourth-order valence-corrected chi connectivity index (χ4v) is 5.46. The molecule has 0 saturated carbocycles. The van der Waals surface area contributed by atoms with E-state index in [4.69, 9.17) is 14.2 Å². The zero-order valence-corrected chi connectivity index (χ0v) is 24.8. The second-order valence-corrected chi connectivity index (χ2v) is 11.2. The van der Waals surface area contributed by atoms with Gasteiger partial charge in [0.1, 0.15) is 17.2 Å². The number of piperidine rings is 1. The van der Waals surface area contributed by atoms with Gasteiger partial charge in [0.05, 0.1) is 37.1 Å². The Bertz CT molecular complexity index is 1410. The minimum absolute atomic E-state index is 0.0670. The van der Waals surface area contributed by atoms with Crippen molar-refractivity contribution in [1.82, 2.24) is 20.1 Å². The largest absolute Gasteiger partial charge is 0.491 e. The van der Waals surface area contributed by atoms with E-state index in [-0.39, 0.29) is 36.6 Å². The van der Waals surface area contributed by atoms with Gasteiger partial charge in [-0.25, -0.2) is 0 Å². The predicted molar refractivity (Wildman–Crippen MR) is 160 cm³/mol. The highest BCUT2D eigenvalue weighted by atomic mass is 16.5. The van der Waals surface area contributed by atoms with Gasteiger partial charge in [-0.3, -0.25) is 19.5 Å². The van der Waals surface area contributed by atoms with Crippen LogP contribution in [0.4, 0.5) is 0 Å². The maximum atomic E-state index is 13.7. The number of hydrogen-bond donors (Lipinski definition) is 1. The Morgan fingerprint density at radius 3 is 2.69 bits per heavy atom. The summed E-state index contributed by atoms with van der Waals surface area (Å²) < 4.78 is 18.6. The Kier molecular flexibility index (Phi) is 9.39. The SMILES string of the molecule is CCN1CC(=O)N[C@H]2CN(Cc3cccc(C)n3)CC[C@@H]2OCc2cccc(c2)Oc2cc(OC(C)C)cc(c2)C1=O. The lowest BCUT2D eigenvalue weighted by Crippen LogP contribution is -2.57. The normalized spacial score (nSPS) is 20.1. The molecule has 222 valence electrons. The number of fused-ring (bicyclic) bond motifs is 5. The van der Waals surface area contributed by atoms with Crippen LogP contribution in [-0.4, -0.2) is 71.0 Å². The van der Waals surface area contributed by atoms with Gasteiger partial charge in [0, 0.05) is 43.5 Å². The lowest BCUT2D eigenvalue weighted by Gasteiger charge is -2.39. The standard InChI is InChI=1S/C33H40N4O5/c1-5-37-20-32(38)35-30-19-36(18-26-10-6-8-23(4)34-26)13-12-31(30)40-21-24-9-7-11-27(14-24)42-29-16-25(33(37)39)15-28(17-29)41-22(2)3/h6-11,14-17,22,30-31H,5,12-13,18-21H2,1-4H3,(H,35,38)/t30-,31-/m0/s1. The van der Waals surface area contributed by atoms with Crippen molar-refractivity contribution in [2.75, 3.05) is 26.2 Å². The number of carbonyl (C=O) groups excluding carboxylic acids is 2. The van der Waals surface area contributed by atoms with Crippen molar-refractivity contribution in [3.05, 3.63) is 83.2 Å². The molecule has 0 radical (unpaired) electrons. The quantitative estimate of drug-likeness (QED) is 0.473. The first-order chi connectivity index (χ1) is 20.2. The van der Waals surface area contributed by atoms with Crippen LogP contribution in [0.2, 0.25) is 0 Å². The first-order valence-corrected chi connectivity index (χ1v) is 14.7. The maximum absolute atomic E-state index is 13.7. The summed E-state index contributed by atoms with van der Waals surface area (Å²) in [6.45, 7) is 10.5. The van der Waals surface area contributed by atoms with Gasteiger partial charge in [-0.15, -0.1) is 0 Å². The number of likely N-dealkylation sites (N-methyl/N-ethyl adjacent to an activating group) is 1. The molecule has 9 heteroatoms. The molecule has 5 rings (SSSR count). The summed E-state index contributed by atoms with van der Waals surface area (Å²) in [5, 5.41) is 3.19. The van der Waals surface area contributed by atoms with Crippen molar-refractivity contribution in [3.8, 4) is 17.2 Å². The molecule has 1 aromatic heterocycles. The van der Waals surface area contributed by atoms with Gasteiger partial charge in [-0.05, 0) is 76.1 Å². The van der Waals surface area contributed by atoms with Crippen molar-refractivity contribution in [2.45, 2.75) is 65.5 Å². The third-order valence-corrected chi connectivity index (χ3v) is 7.41. The number of nitrogens with one attached hydrogen (secondary N) is 1. The number of rotatable bonds is 5. The molecule has 2 aliphatic heterocycles. The van der Waals surface area contributed by atoms with E-state index in [9.17, 15) is 9.59 Å². The lowest BCUT2D eigenvalue weighted by molar-refractivity contribution is -0.125. The highest BCUT2D eigenvalue weighted by Gasteiger charge is 2.32. The van der Waals surface area contributed by atoms with E-state index < -0.39 is 0 Å². The van der Waals surface area contributed by atoms with Gasteiger partial charge >= 0.3 is 0 Å². The molecule has 3 aromatic rings. The van der Waals surface area contributed by atoms with Gasteiger partial charge in [0.15, 0.2) is 0 Å². The minimum Gasteiger partial charge on any atom is -0.491 e. The Labute approximate surface area is 247 Å². The summed E-state index contributed by atoms with van der Waals surface area (Å²) in [6.07, 6.45) is 0.494. The number of hydrogen-bond acceptors (Lipinski definition) is 7. The van der Waals surface area contributed by atoms with E-state index in [1.165, 1.54) is 4.90 Å². The number of amides is 2. The summed E-state index contributed by atoms with van der Waals surface area (Å²) >= 11 is 0. The minimum atomic E-state index is -0.267. The summed E-state index contributed by atoms with van der Waals surface area (Å²) in [5.74, 6) is 1.16. The van der Waals surface area contributed by atoms with Gasteiger partial charge in [-0.2, -0.15) is 0 Å². The van der Waals surface area contributed by atoms with E-state index >= 15 is 0 Å². The molecule has 2 aliphatic rings. The molecule has 1 saturated heterocycles. The number of carbonyl (C=O) groups is 2. The number of aromatic nitrogens is 1. The Balaban J connectivity index is 1.43. The van der Waals surface area contributed by atoms with Crippen LogP contribution in [0.3, 0.4) is 0 Å². The van der Waals surface area contributed by atoms with E-state index in [1.54, 1.807) is 18.2 Å². The molecule has 42 heavy (non-hydrogen) atoms. The van der Waals surface area contributed by atoms with Crippen molar-refractivity contribution in [2.24, 2.45) is 0 Å². The first kappa shape index (κ1) is 29.5. The number of aryl methyl sites for hydroxylation is 1. The summed E-state index contributed by atoms with van der Waals surface area (Å²) in [6, 6.07) is 18.7. The Morgan fingerprint density at radius 1 is 1.07 bits per heavy atom. The highest BCUT2D eigenvalue weighted by Crippen LogP contribution is 2.30. The van der Waals surface area contributed by atoms with Crippen LogP contribution in [0.5, 0.6) is 17.2 Å². The second kappa shape index (κ2) is 13.4. The third-order valence-electron chi connectivity index (χ3n) is 7.41. The van der Waals surface area contributed by atoms with Crippen LogP contribution >= 0.6 is 0 Å². The molecule has 4 bridgehead atoms. The molecule has 9 nitrogen and oxygen atoms in total. The molecule has 0 unspecified atom stereocenters. The molecule has 1 fully saturated rings. The van der Waals surface area contributed by atoms with Crippen LogP contribution < -0.4 is 14.8 Å². The number of ether oxygens (including phenoxy) is 3. The van der Waals surface area contributed by atoms with Crippen LogP contribution in [0.1, 0.15) is 54.5 Å². The summed E-state index contributed by atoms with van der Waals surface area (Å²) in [4.78, 5) is 35.5. The first-order valence-electron chi connectivity index (χ1n) is 14.7. The molecule has 2 aromatic carbocycles. The molecular formula is C33H40N4O5. The topological polar surface area (TPSA) is 93.2 Å². The van der Waals surface area contributed by atoms with E-state index in [1.807, 2.05) is 70.2 Å². The van der Waals surface area contributed by atoms with Gasteiger partial charge in [-0.1, -0.05) is 18.2 Å². The maximum Gasteiger partial charge on any atom is 0.254 e. The third kappa shape index (κ3) is 7.66. The van der Waals surface area contributed by atoms with Crippen LogP contribution in [0.15, 0.2) is 60.7 Å². The molecule has 3 heterocycles. The zero-order valence-electron chi connectivity index (χ0n) is 24.8. The lowest BCUT2D eigenvalue weighted by atomic mass is 10.0. The van der Waals surface area contributed by atoms with Crippen LogP contribution in [0.25, 0.3) is 0 Å². The molecule has 0 spiro atoms. The van der Waals surface area contributed by atoms with Crippen LogP contribution in [0, 0.1) is 6.92 Å². The molecule has 2 atom stereocenters. The van der Waals surface area contributed by atoms with Gasteiger partial charge in [0.2, 0.25) is 5.91 Å². The molecule has 0 aliphatic carbocycles. The second-order valence-electron chi connectivity index (χ2n) is 11.2. The van der Waals surface area contributed by atoms with E-state index in [2.05, 4.69) is 15.2 Å². The highest BCUT2D eigenvalue weighted by molar-refractivity contribution is 5.97. The predicted octanol–water partition coefficient (Wildman–Crippen LogP) is 4.72. The van der Waals surface area contributed by atoms with E-state index in [0.29, 0.717) is 49.1 Å². The summed E-state index contributed by atoms with van der Waals surface area (Å²) in [5.41, 5.74) is 3.33. The number of benzene rings is 2. The zero-order chi connectivity index (χ0) is 29.6.